The number of rotatable bonds is 6. The minimum absolute atomic E-state index is 0.157. The van der Waals surface area contributed by atoms with Gasteiger partial charge in [0.2, 0.25) is 6.79 Å². The Balaban J connectivity index is 1.41. The van der Waals surface area contributed by atoms with Gasteiger partial charge in [0.15, 0.2) is 17.3 Å². The number of fused-ring (bicyclic) bond motifs is 2. The van der Waals surface area contributed by atoms with Crippen LogP contribution < -0.4 is 19.9 Å². The molecule has 4 aromatic rings. The summed E-state index contributed by atoms with van der Waals surface area (Å²) in [4.78, 5) is 21.1. The molecule has 0 aliphatic carbocycles. The quantitative estimate of drug-likeness (QED) is 0.414. The second-order valence-corrected chi connectivity index (χ2v) is 10.4. The van der Waals surface area contributed by atoms with Crippen LogP contribution in [0.2, 0.25) is 0 Å². The summed E-state index contributed by atoms with van der Waals surface area (Å²) in [5.74, 6) is 1.63. The molecule has 1 saturated heterocycles. The van der Waals surface area contributed by atoms with Crippen LogP contribution in [0.5, 0.6) is 11.5 Å². The maximum Gasteiger partial charge on any atom is 0.253 e. The zero-order valence-electron chi connectivity index (χ0n) is 21.6. The van der Waals surface area contributed by atoms with Crippen LogP contribution in [0.3, 0.4) is 0 Å². The highest BCUT2D eigenvalue weighted by molar-refractivity contribution is 5.83. The Morgan fingerprint density at radius 1 is 1.05 bits per heavy atom. The minimum atomic E-state index is -0.468. The lowest BCUT2D eigenvalue weighted by Crippen LogP contribution is -2.49. The summed E-state index contributed by atoms with van der Waals surface area (Å²) in [5, 5.41) is 13.7. The molecule has 2 aromatic carbocycles. The molecule has 6 rings (SSSR count). The van der Waals surface area contributed by atoms with E-state index in [1.54, 1.807) is 18.2 Å². The van der Waals surface area contributed by atoms with E-state index in [0.29, 0.717) is 54.6 Å². The number of H-pyrrole nitrogens is 1. The van der Waals surface area contributed by atoms with Gasteiger partial charge >= 0.3 is 0 Å². The lowest BCUT2D eigenvalue weighted by molar-refractivity contribution is 0.174. The lowest BCUT2D eigenvalue weighted by atomic mass is 9.98. The van der Waals surface area contributed by atoms with E-state index in [1.807, 2.05) is 16.8 Å². The number of hydrogen-bond acceptors (Lipinski definition) is 8. The normalized spacial score (nSPS) is 16.8. The Labute approximate surface area is 219 Å². The molecule has 2 aliphatic rings. The van der Waals surface area contributed by atoms with E-state index in [9.17, 15) is 9.18 Å². The van der Waals surface area contributed by atoms with Crippen LogP contribution in [0.15, 0.2) is 47.3 Å². The average molecular weight is 520 g/mol. The summed E-state index contributed by atoms with van der Waals surface area (Å²) < 4.78 is 26.4. The fraction of sp³-hybridized carbons (Fsp3) is 0.407. The number of nitrogens with one attached hydrogen (secondary N) is 1. The van der Waals surface area contributed by atoms with Gasteiger partial charge in [0.1, 0.15) is 11.9 Å². The molecule has 0 amide bonds. The van der Waals surface area contributed by atoms with Gasteiger partial charge in [-0.3, -0.25) is 9.69 Å². The molecule has 198 valence electrons. The number of pyridine rings is 1. The van der Waals surface area contributed by atoms with Gasteiger partial charge in [-0.1, -0.05) is 6.92 Å². The molecule has 11 heteroatoms. The van der Waals surface area contributed by atoms with E-state index in [-0.39, 0.29) is 23.7 Å². The smallest absolute Gasteiger partial charge is 0.253 e. The van der Waals surface area contributed by atoms with Gasteiger partial charge in [0, 0.05) is 48.9 Å². The van der Waals surface area contributed by atoms with Gasteiger partial charge in [0.05, 0.1) is 11.1 Å². The number of hydrogen-bond donors (Lipinski definition) is 1. The highest BCUT2D eigenvalue weighted by atomic mass is 19.1. The number of piperazine rings is 1. The van der Waals surface area contributed by atoms with E-state index in [4.69, 9.17) is 9.47 Å². The molecule has 0 bridgehead atoms. The Bertz CT molecular complexity index is 1520. The Morgan fingerprint density at radius 2 is 1.76 bits per heavy atom. The van der Waals surface area contributed by atoms with Crippen LogP contribution >= 0.6 is 0 Å². The van der Waals surface area contributed by atoms with Gasteiger partial charge in [-0.2, -0.15) is 0 Å². The van der Waals surface area contributed by atoms with Gasteiger partial charge in [-0.15, -0.1) is 5.10 Å². The summed E-state index contributed by atoms with van der Waals surface area (Å²) >= 11 is 0. The summed E-state index contributed by atoms with van der Waals surface area (Å²) in [6.45, 7) is 9.18. The highest BCUT2D eigenvalue weighted by Crippen LogP contribution is 2.37. The largest absolute Gasteiger partial charge is 0.454 e. The first-order chi connectivity index (χ1) is 18.3. The predicted molar refractivity (Wildman–Crippen MR) is 140 cm³/mol. The Kier molecular flexibility index (Phi) is 6.02. The fourth-order valence-corrected chi connectivity index (χ4v) is 5.15. The Morgan fingerprint density at radius 3 is 2.47 bits per heavy atom. The maximum absolute atomic E-state index is 13.6. The standard InChI is InChI=1S/C27H30FN7O3/c1-4-27(2,3)35-25(30-31-32-35)24(34-11-9-33(10-12-34)19-7-5-18(28)6-8-19)20-13-17-14-22-23(38-16-37-22)15-21(17)29-26(20)36/h5-8,13-15,24H,4,9-12,16H2,1-3H3,(H,29,36). The monoisotopic (exact) mass is 519 g/mol. The summed E-state index contributed by atoms with van der Waals surface area (Å²) in [5.41, 5.74) is 1.67. The van der Waals surface area contributed by atoms with E-state index in [2.05, 4.69) is 51.1 Å². The van der Waals surface area contributed by atoms with Crippen molar-refractivity contribution in [2.45, 2.75) is 38.8 Å². The zero-order chi connectivity index (χ0) is 26.4. The van der Waals surface area contributed by atoms with Crippen molar-refractivity contribution in [1.29, 1.82) is 0 Å². The third kappa shape index (κ3) is 4.26. The predicted octanol–water partition coefficient (Wildman–Crippen LogP) is 3.44. The molecule has 1 fully saturated rings. The fourth-order valence-electron chi connectivity index (χ4n) is 5.15. The van der Waals surface area contributed by atoms with E-state index in [1.165, 1.54) is 12.1 Å². The summed E-state index contributed by atoms with van der Waals surface area (Å²) in [7, 11) is 0. The maximum atomic E-state index is 13.6. The zero-order valence-corrected chi connectivity index (χ0v) is 21.6. The van der Waals surface area contributed by atoms with Gasteiger partial charge in [0.25, 0.3) is 5.56 Å². The number of nitrogens with zero attached hydrogens (tertiary/aromatic N) is 6. The number of tetrazole rings is 1. The van der Waals surface area contributed by atoms with E-state index >= 15 is 0 Å². The van der Waals surface area contributed by atoms with E-state index < -0.39 is 6.04 Å². The molecule has 0 saturated carbocycles. The first-order valence-electron chi connectivity index (χ1n) is 12.8. The van der Waals surface area contributed by atoms with E-state index in [0.717, 1.165) is 17.5 Å². The third-order valence-corrected chi connectivity index (χ3v) is 7.71. The number of benzene rings is 2. The average Bonchev–Trinajstić information content (AvgIpc) is 3.59. The second-order valence-electron chi connectivity index (χ2n) is 10.4. The highest BCUT2D eigenvalue weighted by Gasteiger charge is 2.36. The number of ether oxygens (including phenoxy) is 2. The molecule has 1 N–H and O–H groups in total. The molecule has 10 nitrogen and oxygen atoms in total. The second kappa shape index (κ2) is 9.39. The number of aromatic amines is 1. The van der Waals surface area contributed by atoms with Crippen molar-refractivity contribution in [2.24, 2.45) is 0 Å². The molecule has 1 unspecified atom stereocenters. The van der Waals surface area contributed by atoms with Crippen molar-refractivity contribution >= 4 is 16.6 Å². The number of halogens is 1. The summed E-state index contributed by atoms with van der Waals surface area (Å²) in [6, 6.07) is 11.7. The first-order valence-corrected chi connectivity index (χ1v) is 12.8. The molecule has 0 radical (unpaired) electrons. The van der Waals surface area contributed by atoms with Crippen molar-refractivity contribution in [3.05, 3.63) is 70.0 Å². The molecular weight excluding hydrogens is 489 g/mol. The van der Waals surface area contributed by atoms with Gasteiger partial charge in [-0.25, -0.2) is 9.07 Å². The first kappa shape index (κ1) is 24.4. The molecule has 1 atom stereocenters. The van der Waals surface area contributed by atoms with Crippen molar-refractivity contribution in [1.82, 2.24) is 30.1 Å². The van der Waals surface area contributed by atoms with Crippen LogP contribution in [0.1, 0.15) is 44.6 Å². The van der Waals surface area contributed by atoms with Crippen LogP contribution in [0.25, 0.3) is 10.9 Å². The third-order valence-electron chi connectivity index (χ3n) is 7.71. The molecular formula is C27H30FN7O3. The minimum Gasteiger partial charge on any atom is -0.454 e. The summed E-state index contributed by atoms with van der Waals surface area (Å²) in [6.07, 6.45) is 0.813. The van der Waals surface area contributed by atoms with Gasteiger partial charge in [-0.05, 0) is 67.1 Å². The molecule has 38 heavy (non-hydrogen) atoms. The molecule has 4 heterocycles. The van der Waals surface area contributed by atoms with Crippen LogP contribution in [0.4, 0.5) is 10.1 Å². The van der Waals surface area contributed by atoms with Crippen molar-refractivity contribution in [2.75, 3.05) is 37.9 Å². The number of aromatic nitrogens is 5. The lowest BCUT2D eigenvalue weighted by Gasteiger charge is -2.40. The SMILES string of the molecule is CCC(C)(C)n1nnnc1C(c1cc2cc3c(cc2[nH]c1=O)OCO3)N1CCN(c2ccc(F)cc2)CC1. The number of anilines is 1. The molecule has 2 aliphatic heterocycles. The van der Waals surface area contributed by atoms with Crippen LogP contribution in [0, 0.1) is 5.82 Å². The van der Waals surface area contributed by atoms with Crippen molar-refractivity contribution in [3.8, 4) is 11.5 Å². The Hall–Kier alpha value is -3.99. The van der Waals surface area contributed by atoms with Crippen molar-refractivity contribution in [3.63, 3.8) is 0 Å². The molecule has 0 spiro atoms. The van der Waals surface area contributed by atoms with Crippen molar-refractivity contribution < 1.29 is 13.9 Å². The topological polar surface area (TPSA) is 101 Å². The molecule has 2 aromatic heterocycles. The van der Waals surface area contributed by atoms with Gasteiger partial charge < -0.3 is 19.4 Å². The van der Waals surface area contributed by atoms with Crippen LogP contribution in [-0.4, -0.2) is 63.1 Å². The van der Waals surface area contributed by atoms with Crippen LogP contribution in [-0.2, 0) is 5.54 Å².